The first kappa shape index (κ1) is 14.5. The molecule has 20 heavy (non-hydrogen) atoms. The minimum atomic E-state index is -0.0152. The van der Waals surface area contributed by atoms with E-state index in [0.717, 1.165) is 5.69 Å². The lowest BCUT2D eigenvalue weighted by molar-refractivity contribution is 0.373. The Morgan fingerprint density at radius 2 is 1.85 bits per heavy atom. The Kier molecular flexibility index (Phi) is 4.71. The van der Waals surface area contributed by atoms with Gasteiger partial charge in [-0.1, -0.05) is 23.2 Å². The zero-order valence-electron chi connectivity index (χ0n) is 10.6. The average Bonchev–Trinajstić information content (AvgIpc) is 2.44. The summed E-state index contributed by atoms with van der Waals surface area (Å²) in [5.74, 6) is 0.281. The number of phenols is 1. The van der Waals surface area contributed by atoms with E-state index < -0.39 is 0 Å². The van der Waals surface area contributed by atoms with Gasteiger partial charge < -0.3 is 9.84 Å². The Morgan fingerprint density at radius 1 is 1.15 bits per heavy atom. The quantitative estimate of drug-likeness (QED) is 0.658. The number of rotatable bonds is 4. The van der Waals surface area contributed by atoms with Crippen LogP contribution in [0.15, 0.2) is 41.5 Å². The zero-order chi connectivity index (χ0) is 14.5. The van der Waals surface area contributed by atoms with E-state index in [9.17, 15) is 5.11 Å². The number of nitrogens with zero attached hydrogens (tertiary/aromatic N) is 1. The number of anilines is 1. The highest BCUT2D eigenvalue weighted by Crippen LogP contribution is 2.32. The summed E-state index contributed by atoms with van der Waals surface area (Å²) in [4.78, 5) is 0. The molecule has 0 aliphatic carbocycles. The summed E-state index contributed by atoms with van der Waals surface area (Å²) < 4.78 is 5.01. The minimum absolute atomic E-state index is 0.0152. The molecule has 2 N–H and O–H groups in total. The zero-order valence-corrected chi connectivity index (χ0v) is 12.1. The molecule has 0 spiro atoms. The van der Waals surface area contributed by atoms with E-state index in [1.165, 1.54) is 19.4 Å². The van der Waals surface area contributed by atoms with Crippen molar-refractivity contribution in [2.75, 3.05) is 12.5 Å². The first-order valence-corrected chi connectivity index (χ1v) is 6.47. The third-order valence-corrected chi connectivity index (χ3v) is 3.00. The minimum Gasteiger partial charge on any atom is -0.504 e. The molecule has 0 amide bonds. The van der Waals surface area contributed by atoms with Crippen LogP contribution in [-0.4, -0.2) is 18.4 Å². The van der Waals surface area contributed by atoms with Crippen LogP contribution in [0.5, 0.6) is 11.5 Å². The van der Waals surface area contributed by atoms with Crippen molar-refractivity contribution >= 4 is 35.1 Å². The lowest BCUT2D eigenvalue weighted by Crippen LogP contribution is -1.93. The number of methoxy groups -OCH3 is 1. The number of ether oxygens (including phenoxy) is 1. The number of nitrogens with one attached hydrogen (secondary N) is 1. The predicted molar refractivity (Wildman–Crippen MR) is 82.3 cm³/mol. The Bertz CT molecular complexity index is 628. The summed E-state index contributed by atoms with van der Waals surface area (Å²) in [6, 6.07) is 10.2. The maximum absolute atomic E-state index is 9.93. The van der Waals surface area contributed by atoms with Crippen LogP contribution in [0.3, 0.4) is 0 Å². The highest BCUT2D eigenvalue weighted by molar-refractivity contribution is 6.31. The molecular weight excluding hydrogens is 299 g/mol. The Balaban J connectivity index is 2.15. The number of hydrazone groups is 1. The number of benzene rings is 2. The van der Waals surface area contributed by atoms with Gasteiger partial charge in [-0.15, -0.1) is 0 Å². The number of phenolic OH excluding ortho intramolecular Hbond substituents is 1. The molecule has 0 bridgehead atoms. The summed E-state index contributed by atoms with van der Waals surface area (Å²) in [6.07, 6.45) is 1.46. The van der Waals surface area contributed by atoms with Crippen LogP contribution in [0, 0.1) is 0 Å². The Labute approximate surface area is 126 Å². The monoisotopic (exact) mass is 310 g/mol. The fourth-order valence-electron chi connectivity index (χ4n) is 1.55. The van der Waals surface area contributed by atoms with Crippen LogP contribution >= 0.6 is 23.2 Å². The molecule has 4 nitrogen and oxygen atoms in total. The van der Waals surface area contributed by atoms with Crippen molar-refractivity contribution in [2.45, 2.75) is 0 Å². The maximum atomic E-state index is 9.93. The van der Waals surface area contributed by atoms with Gasteiger partial charge in [-0.05, 0) is 30.3 Å². The van der Waals surface area contributed by atoms with Gasteiger partial charge in [0.15, 0.2) is 11.5 Å². The van der Waals surface area contributed by atoms with Crippen molar-refractivity contribution in [3.63, 3.8) is 0 Å². The lowest BCUT2D eigenvalue weighted by atomic mass is 10.2. The van der Waals surface area contributed by atoms with Gasteiger partial charge in [0.1, 0.15) is 0 Å². The second-order valence-electron chi connectivity index (χ2n) is 3.92. The van der Waals surface area contributed by atoms with Crippen molar-refractivity contribution < 1.29 is 9.84 Å². The van der Waals surface area contributed by atoms with E-state index >= 15 is 0 Å². The summed E-state index contributed by atoms with van der Waals surface area (Å²) >= 11 is 11.7. The van der Waals surface area contributed by atoms with E-state index in [1.54, 1.807) is 30.3 Å². The van der Waals surface area contributed by atoms with E-state index in [2.05, 4.69) is 10.5 Å². The van der Waals surface area contributed by atoms with Gasteiger partial charge in [-0.2, -0.15) is 5.10 Å². The Hall–Kier alpha value is -1.91. The molecule has 104 valence electrons. The van der Waals surface area contributed by atoms with Gasteiger partial charge in [0, 0.05) is 21.7 Å². The molecule has 0 heterocycles. The molecule has 0 aliphatic heterocycles. The van der Waals surface area contributed by atoms with Gasteiger partial charge in [0.25, 0.3) is 0 Å². The molecule has 2 aromatic carbocycles. The third kappa shape index (κ3) is 3.56. The van der Waals surface area contributed by atoms with Gasteiger partial charge in [-0.25, -0.2) is 0 Å². The molecule has 0 saturated carbocycles. The van der Waals surface area contributed by atoms with Crippen LogP contribution < -0.4 is 10.2 Å². The molecule has 2 aromatic rings. The van der Waals surface area contributed by atoms with Crippen molar-refractivity contribution in [1.29, 1.82) is 0 Å². The smallest absolute Gasteiger partial charge is 0.166 e. The van der Waals surface area contributed by atoms with Crippen LogP contribution in [-0.2, 0) is 0 Å². The second-order valence-corrected chi connectivity index (χ2v) is 4.80. The number of hydrogen-bond donors (Lipinski definition) is 2. The van der Waals surface area contributed by atoms with Crippen molar-refractivity contribution in [3.8, 4) is 11.5 Å². The highest BCUT2D eigenvalue weighted by Gasteiger charge is 2.08. The summed E-state index contributed by atoms with van der Waals surface area (Å²) in [7, 11) is 1.46. The van der Waals surface area contributed by atoms with Crippen LogP contribution in [0.2, 0.25) is 10.0 Å². The van der Waals surface area contributed by atoms with Gasteiger partial charge in [-0.3, -0.25) is 5.43 Å². The molecule has 0 radical (unpaired) electrons. The summed E-state index contributed by atoms with van der Waals surface area (Å²) in [6.45, 7) is 0. The Morgan fingerprint density at radius 3 is 2.50 bits per heavy atom. The number of aromatic hydroxyl groups is 1. The van der Waals surface area contributed by atoms with Gasteiger partial charge in [0.05, 0.1) is 19.0 Å². The van der Waals surface area contributed by atoms with Gasteiger partial charge >= 0.3 is 0 Å². The maximum Gasteiger partial charge on any atom is 0.166 e. The largest absolute Gasteiger partial charge is 0.504 e. The lowest BCUT2D eigenvalue weighted by Gasteiger charge is -2.06. The standard InChI is InChI=1S/C14H12Cl2N2O2/c1-20-13-7-11(16)6-9(14(13)19)8-17-18-12-4-2-10(15)3-5-12/h2-8,18-19H,1H3/b17-8-. The van der Waals surface area contributed by atoms with Crippen molar-refractivity contribution in [3.05, 3.63) is 52.0 Å². The third-order valence-electron chi connectivity index (χ3n) is 2.53. The average molecular weight is 311 g/mol. The topological polar surface area (TPSA) is 53.8 Å². The molecule has 0 fully saturated rings. The van der Waals surface area contributed by atoms with E-state index in [4.69, 9.17) is 27.9 Å². The van der Waals surface area contributed by atoms with E-state index in [-0.39, 0.29) is 5.75 Å². The summed E-state index contributed by atoms with van der Waals surface area (Å²) in [5.41, 5.74) is 4.05. The number of hydrogen-bond acceptors (Lipinski definition) is 4. The molecule has 0 aromatic heterocycles. The number of halogens is 2. The van der Waals surface area contributed by atoms with E-state index in [1.807, 2.05) is 0 Å². The molecule has 2 rings (SSSR count). The summed E-state index contributed by atoms with van der Waals surface area (Å²) in [5, 5.41) is 15.1. The first-order chi connectivity index (χ1) is 9.60. The first-order valence-electron chi connectivity index (χ1n) is 5.71. The van der Waals surface area contributed by atoms with E-state index in [0.29, 0.717) is 21.4 Å². The van der Waals surface area contributed by atoms with Crippen molar-refractivity contribution in [2.24, 2.45) is 5.10 Å². The van der Waals surface area contributed by atoms with Gasteiger partial charge in [0.2, 0.25) is 0 Å². The molecule has 0 aliphatic rings. The second kappa shape index (κ2) is 6.50. The molecule has 0 atom stereocenters. The fourth-order valence-corrected chi connectivity index (χ4v) is 1.89. The molecular formula is C14H12Cl2N2O2. The predicted octanol–water partition coefficient (Wildman–Crippen LogP) is 4.15. The normalized spacial score (nSPS) is 10.8. The highest BCUT2D eigenvalue weighted by atomic mass is 35.5. The molecule has 6 heteroatoms. The fraction of sp³-hybridized carbons (Fsp3) is 0.0714. The van der Waals surface area contributed by atoms with Crippen LogP contribution in [0.4, 0.5) is 5.69 Å². The molecule has 0 unspecified atom stereocenters. The SMILES string of the molecule is COc1cc(Cl)cc(/C=N\Nc2ccc(Cl)cc2)c1O. The van der Waals surface area contributed by atoms with Crippen LogP contribution in [0.25, 0.3) is 0 Å². The van der Waals surface area contributed by atoms with Crippen molar-refractivity contribution in [1.82, 2.24) is 0 Å². The molecule has 0 saturated heterocycles. The van der Waals surface area contributed by atoms with Crippen LogP contribution in [0.1, 0.15) is 5.56 Å².